The summed E-state index contributed by atoms with van der Waals surface area (Å²) in [6.07, 6.45) is 0. The second kappa shape index (κ2) is 7.87. The fraction of sp³-hybridized carbons (Fsp3) is 0.235. The second-order valence-corrected chi connectivity index (χ2v) is 5.61. The maximum atomic E-state index is 13.1. The van der Waals surface area contributed by atoms with E-state index in [0.717, 1.165) is 23.4 Å². The number of halogens is 2. The molecular weight excluding hydrogens is 318 g/mol. The summed E-state index contributed by atoms with van der Waals surface area (Å²) in [5.74, 6) is -0.996. The van der Waals surface area contributed by atoms with Crippen LogP contribution in [-0.2, 0) is 0 Å². The standard InChI is InChI=1S/C17H18F2N2OS/c1-11-5-3-4-6-16(11)22-10-12(2)20-17(23)21-13-7-8-14(18)15(19)9-13/h3-9,12H,10H2,1-2H3,(H2,20,21,23)/t12-/m0/s1. The number of ether oxygens (including phenoxy) is 1. The Bertz CT molecular complexity index is 694. The average Bonchev–Trinajstić information content (AvgIpc) is 2.50. The molecular formula is C17H18F2N2OS. The number of nitrogens with one attached hydrogen (secondary N) is 2. The molecule has 122 valence electrons. The summed E-state index contributed by atoms with van der Waals surface area (Å²) >= 11 is 5.15. The van der Waals surface area contributed by atoms with Crippen LogP contribution in [0.2, 0.25) is 0 Å². The SMILES string of the molecule is Cc1ccccc1OC[C@H](C)NC(=S)Nc1ccc(F)c(F)c1. The molecule has 0 aliphatic heterocycles. The predicted molar refractivity (Wildman–Crippen MR) is 91.9 cm³/mol. The van der Waals surface area contributed by atoms with Crippen molar-refractivity contribution in [2.45, 2.75) is 19.9 Å². The first kappa shape index (κ1) is 17.1. The van der Waals surface area contributed by atoms with Gasteiger partial charge in [-0.15, -0.1) is 0 Å². The van der Waals surface area contributed by atoms with Crippen molar-refractivity contribution in [1.82, 2.24) is 5.32 Å². The molecule has 1 atom stereocenters. The fourth-order valence-electron chi connectivity index (χ4n) is 1.94. The smallest absolute Gasteiger partial charge is 0.171 e. The van der Waals surface area contributed by atoms with E-state index < -0.39 is 11.6 Å². The van der Waals surface area contributed by atoms with Crippen molar-refractivity contribution >= 4 is 23.0 Å². The molecule has 2 aromatic rings. The molecule has 0 fully saturated rings. The summed E-state index contributed by atoms with van der Waals surface area (Å²) in [6, 6.07) is 11.2. The van der Waals surface area contributed by atoms with E-state index >= 15 is 0 Å². The molecule has 0 amide bonds. The third-order valence-electron chi connectivity index (χ3n) is 3.14. The minimum atomic E-state index is -0.922. The van der Waals surface area contributed by atoms with E-state index in [1.165, 1.54) is 6.07 Å². The lowest BCUT2D eigenvalue weighted by Gasteiger charge is -2.18. The molecule has 23 heavy (non-hydrogen) atoms. The van der Waals surface area contributed by atoms with Gasteiger partial charge < -0.3 is 15.4 Å². The molecule has 0 unspecified atom stereocenters. The van der Waals surface area contributed by atoms with Gasteiger partial charge in [-0.3, -0.25) is 0 Å². The Morgan fingerprint density at radius 2 is 1.91 bits per heavy atom. The lowest BCUT2D eigenvalue weighted by molar-refractivity contribution is 0.285. The van der Waals surface area contributed by atoms with E-state index in [4.69, 9.17) is 17.0 Å². The third kappa shape index (κ3) is 5.17. The lowest BCUT2D eigenvalue weighted by Crippen LogP contribution is -2.39. The third-order valence-corrected chi connectivity index (χ3v) is 3.36. The van der Waals surface area contributed by atoms with E-state index in [9.17, 15) is 8.78 Å². The maximum Gasteiger partial charge on any atom is 0.171 e. The van der Waals surface area contributed by atoms with Crippen LogP contribution in [-0.4, -0.2) is 17.8 Å². The number of para-hydroxylation sites is 1. The van der Waals surface area contributed by atoms with Crippen molar-refractivity contribution in [3.63, 3.8) is 0 Å². The molecule has 0 spiro atoms. The summed E-state index contributed by atoms with van der Waals surface area (Å²) < 4.78 is 31.7. The number of rotatable bonds is 5. The Labute approximate surface area is 139 Å². The number of aryl methyl sites for hydroxylation is 1. The minimum Gasteiger partial charge on any atom is -0.491 e. The van der Waals surface area contributed by atoms with Crippen LogP contribution in [0.1, 0.15) is 12.5 Å². The summed E-state index contributed by atoms with van der Waals surface area (Å²) in [6.45, 7) is 4.31. The van der Waals surface area contributed by atoms with Crippen molar-refractivity contribution in [3.8, 4) is 5.75 Å². The van der Waals surface area contributed by atoms with Crippen molar-refractivity contribution in [3.05, 3.63) is 59.7 Å². The molecule has 0 aromatic heterocycles. The van der Waals surface area contributed by atoms with Crippen molar-refractivity contribution in [1.29, 1.82) is 0 Å². The summed E-state index contributed by atoms with van der Waals surface area (Å²) in [7, 11) is 0. The highest BCUT2D eigenvalue weighted by Gasteiger charge is 2.08. The van der Waals surface area contributed by atoms with Crippen LogP contribution in [0.3, 0.4) is 0 Å². The minimum absolute atomic E-state index is 0.0556. The Morgan fingerprint density at radius 3 is 2.61 bits per heavy atom. The molecule has 0 heterocycles. The average molecular weight is 336 g/mol. The quantitative estimate of drug-likeness (QED) is 0.808. The molecule has 0 saturated heterocycles. The van der Waals surface area contributed by atoms with Gasteiger partial charge in [-0.05, 0) is 49.8 Å². The highest BCUT2D eigenvalue weighted by atomic mass is 32.1. The van der Waals surface area contributed by atoms with Crippen LogP contribution in [0.4, 0.5) is 14.5 Å². The molecule has 0 radical (unpaired) electrons. The Balaban J connectivity index is 1.82. The Kier molecular flexibility index (Phi) is 5.87. The molecule has 3 nitrogen and oxygen atoms in total. The van der Waals surface area contributed by atoms with Gasteiger partial charge in [0.05, 0.1) is 6.04 Å². The van der Waals surface area contributed by atoms with E-state index in [2.05, 4.69) is 10.6 Å². The van der Waals surface area contributed by atoms with Crippen LogP contribution in [0.25, 0.3) is 0 Å². The van der Waals surface area contributed by atoms with Gasteiger partial charge >= 0.3 is 0 Å². The molecule has 0 saturated carbocycles. The first-order valence-corrected chi connectivity index (χ1v) is 7.57. The maximum absolute atomic E-state index is 13.1. The van der Waals surface area contributed by atoms with Crippen LogP contribution in [0, 0.1) is 18.6 Å². The topological polar surface area (TPSA) is 33.3 Å². The monoisotopic (exact) mass is 336 g/mol. The van der Waals surface area contributed by atoms with Crippen molar-refractivity contribution in [2.24, 2.45) is 0 Å². The van der Waals surface area contributed by atoms with Gasteiger partial charge in [-0.1, -0.05) is 18.2 Å². The lowest BCUT2D eigenvalue weighted by atomic mass is 10.2. The zero-order valence-electron chi connectivity index (χ0n) is 12.9. The van der Waals surface area contributed by atoms with E-state index in [1.807, 2.05) is 38.1 Å². The van der Waals surface area contributed by atoms with Crippen molar-refractivity contribution in [2.75, 3.05) is 11.9 Å². The molecule has 0 aliphatic rings. The molecule has 2 N–H and O–H groups in total. The van der Waals surface area contributed by atoms with E-state index in [0.29, 0.717) is 17.4 Å². The normalized spacial score (nSPS) is 11.7. The fourth-order valence-corrected chi connectivity index (χ4v) is 2.26. The summed E-state index contributed by atoms with van der Waals surface area (Å²) in [4.78, 5) is 0. The van der Waals surface area contributed by atoms with Crippen LogP contribution in [0.15, 0.2) is 42.5 Å². The number of hydrogen-bond donors (Lipinski definition) is 2. The predicted octanol–water partition coefficient (Wildman–Crippen LogP) is 4.03. The van der Waals surface area contributed by atoms with E-state index in [-0.39, 0.29) is 6.04 Å². The van der Waals surface area contributed by atoms with Crippen molar-refractivity contribution < 1.29 is 13.5 Å². The Hall–Kier alpha value is -2.21. The van der Waals surface area contributed by atoms with Crippen LogP contribution < -0.4 is 15.4 Å². The van der Waals surface area contributed by atoms with Gasteiger partial charge in [0.25, 0.3) is 0 Å². The zero-order valence-corrected chi connectivity index (χ0v) is 13.7. The molecule has 2 aromatic carbocycles. The molecule has 6 heteroatoms. The van der Waals surface area contributed by atoms with Gasteiger partial charge in [0.15, 0.2) is 16.7 Å². The first-order valence-electron chi connectivity index (χ1n) is 7.16. The van der Waals surface area contributed by atoms with Gasteiger partial charge in [0, 0.05) is 11.8 Å². The first-order chi connectivity index (χ1) is 11.0. The highest BCUT2D eigenvalue weighted by Crippen LogP contribution is 2.16. The van der Waals surface area contributed by atoms with Crippen LogP contribution >= 0.6 is 12.2 Å². The molecule has 0 bridgehead atoms. The van der Waals surface area contributed by atoms with Gasteiger partial charge in [-0.2, -0.15) is 0 Å². The summed E-state index contributed by atoms with van der Waals surface area (Å²) in [5, 5.41) is 6.16. The number of thiocarbonyl (C=S) groups is 1. The number of hydrogen-bond acceptors (Lipinski definition) is 2. The van der Waals surface area contributed by atoms with E-state index in [1.54, 1.807) is 0 Å². The number of benzene rings is 2. The Morgan fingerprint density at radius 1 is 1.17 bits per heavy atom. The van der Waals surface area contributed by atoms with Crippen LogP contribution in [0.5, 0.6) is 5.75 Å². The van der Waals surface area contributed by atoms with Gasteiger partial charge in [0.2, 0.25) is 0 Å². The van der Waals surface area contributed by atoms with Gasteiger partial charge in [-0.25, -0.2) is 8.78 Å². The molecule has 0 aliphatic carbocycles. The largest absolute Gasteiger partial charge is 0.491 e. The highest BCUT2D eigenvalue weighted by molar-refractivity contribution is 7.80. The number of anilines is 1. The second-order valence-electron chi connectivity index (χ2n) is 5.20. The molecule has 2 rings (SSSR count). The summed E-state index contributed by atoms with van der Waals surface area (Å²) in [5.41, 5.74) is 1.44. The zero-order chi connectivity index (χ0) is 16.8. The van der Waals surface area contributed by atoms with Gasteiger partial charge in [0.1, 0.15) is 12.4 Å².